The molecule has 3 heterocycles. The number of esters is 1. The molecule has 33 heavy (non-hydrogen) atoms. The molecule has 5 nitrogen and oxygen atoms in total. The molecule has 172 valence electrons. The number of carbonyl (C=O) groups excluding carboxylic acids is 1. The average Bonchev–Trinajstić information content (AvgIpc) is 3.37. The number of benzene rings is 1. The molecule has 0 spiro atoms. The summed E-state index contributed by atoms with van der Waals surface area (Å²) in [6.07, 6.45) is 5.84. The molecule has 0 unspecified atom stereocenters. The van der Waals surface area contributed by atoms with Crippen molar-refractivity contribution in [2.75, 3.05) is 33.9 Å². The van der Waals surface area contributed by atoms with Crippen LogP contribution in [0.4, 0.5) is 0 Å². The number of aryl methyl sites for hydroxylation is 1. The van der Waals surface area contributed by atoms with Gasteiger partial charge in [0.15, 0.2) is 0 Å². The molecular formula is C27H30N2O3S. The highest BCUT2D eigenvalue weighted by Crippen LogP contribution is 2.30. The van der Waals surface area contributed by atoms with Gasteiger partial charge in [0.25, 0.3) is 0 Å². The van der Waals surface area contributed by atoms with E-state index in [4.69, 9.17) is 9.47 Å². The Hall–Kier alpha value is -2.88. The van der Waals surface area contributed by atoms with Crippen LogP contribution in [0.1, 0.15) is 30.4 Å². The highest BCUT2D eigenvalue weighted by molar-refractivity contribution is 7.08. The summed E-state index contributed by atoms with van der Waals surface area (Å²) in [5.74, 6) is 7.44. The van der Waals surface area contributed by atoms with Crippen LogP contribution >= 0.6 is 11.3 Å². The number of ether oxygens (including phenoxy) is 2. The number of likely N-dealkylation sites (tertiary alicyclic amines) is 1. The molecule has 0 saturated carbocycles. The Balaban J connectivity index is 1.36. The zero-order valence-electron chi connectivity index (χ0n) is 19.3. The van der Waals surface area contributed by atoms with Gasteiger partial charge in [0.2, 0.25) is 0 Å². The molecule has 2 atom stereocenters. The molecule has 1 aliphatic rings. The third-order valence-corrected chi connectivity index (χ3v) is 7.14. The number of methoxy groups -OCH3 is 2. The molecule has 1 aromatic carbocycles. The summed E-state index contributed by atoms with van der Waals surface area (Å²) < 4.78 is 10.6. The average molecular weight is 463 g/mol. The second-order valence-electron chi connectivity index (χ2n) is 8.47. The summed E-state index contributed by atoms with van der Waals surface area (Å²) in [5, 5.41) is 5.23. The van der Waals surface area contributed by atoms with Gasteiger partial charge < -0.3 is 9.47 Å². The number of hydrogen-bond donors (Lipinski definition) is 0. The molecule has 1 fully saturated rings. The highest BCUT2D eigenvalue weighted by atomic mass is 32.1. The standard InChI is InChI=1S/C27H30N2O3S/c1-31-23-8-9-26-24(17-23)21(10-13-28-26)6-3-7-22-11-15-29(18-25(22)27(30)32-2)14-4-5-20-12-16-33-19-20/h8-10,12-13,16-17,19,22,25H,3,6-7,11,14-15,18H2,1-2H3/t22-,25+/m1/s1. The van der Waals surface area contributed by atoms with Crippen LogP contribution in [0.3, 0.4) is 0 Å². The first-order chi connectivity index (χ1) is 16.2. The van der Waals surface area contributed by atoms with Crippen molar-refractivity contribution >= 4 is 28.2 Å². The Morgan fingerprint density at radius 1 is 1.27 bits per heavy atom. The van der Waals surface area contributed by atoms with Crippen molar-refractivity contribution in [3.05, 3.63) is 58.4 Å². The van der Waals surface area contributed by atoms with Gasteiger partial charge >= 0.3 is 5.97 Å². The molecule has 1 aliphatic heterocycles. The minimum absolute atomic E-state index is 0.0963. The monoisotopic (exact) mass is 462 g/mol. The first-order valence-electron chi connectivity index (χ1n) is 11.4. The van der Waals surface area contributed by atoms with E-state index >= 15 is 0 Å². The summed E-state index contributed by atoms with van der Waals surface area (Å²) in [7, 11) is 3.18. The van der Waals surface area contributed by atoms with Crippen molar-refractivity contribution < 1.29 is 14.3 Å². The Morgan fingerprint density at radius 2 is 2.18 bits per heavy atom. The third kappa shape index (κ3) is 5.93. The number of rotatable bonds is 7. The van der Waals surface area contributed by atoms with Gasteiger partial charge in [-0.3, -0.25) is 14.7 Å². The predicted octanol–water partition coefficient (Wildman–Crippen LogP) is 4.79. The van der Waals surface area contributed by atoms with E-state index in [1.165, 1.54) is 12.7 Å². The number of carbonyl (C=O) groups is 1. The summed E-state index contributed by atoms with van der Waals surface area (Å²) in [5.41, 5.74) is 3.31. The molecular weight excluding hydrogens is 432 g/mol. The lowest BCUT2D eigenvalue weighted by molar-refractivity contribution is -0.149. The summed E-state index contributed by atoms with van der Waals surface area (Å²) in [4.78, 5) is 19.3. The smallest absolute Gasteiger partial charge is 0.310 e. The Bertz CT molecular complexity index is 1130. The van der Waals surface area contributed by atoms with Crippen molar-refractivity contribution in [2.45, 2.75) is 25.7 Å². The maximum absolute atomic E-state index is 12.6. The molecule has 0 amide bonds. The zero-order valence-corrected chi connectivity index (χ0v) is 20.1. The molecule has 0 bridgehead atoms. The molecule has 1 saturated heterocycles. The second-order valence-corrected chi connectivity index (χ2v) is 9.25. The summed E-state index contributed by atoms with van der Waals surface area (Å²) in [6.45, 7) is 2.36. The van der Waals surface area contributed by atoms with E-state index in [-0.39, 0.29) is 11.9 Å². The maximum atomic E-state index is 12.6. The van der Waals surface area contributed by atoms with E-state index in [1.54, 1.807) is 18.4 Å². The highest BCUT2D eigenvalue weighted by Gasteiger charge is 2.34. The first kappa shape index (κ1) is 23.3. The molecule has 2 aromatic heterocycles. The van der Waals surface area contributed by atoms with Crippen molar-refractivity contribution in [2.24, 2.45) is 11.8 Å². The number of nitrogens with zero attached hydrogens (tertiary/aromatic N) is 2. The van der Waals surface area contributed by atoms with E-state index in [1.807, 2.05) is 29.8 Å². The van der Waals surface area contributed by atoms with Gasteiger partial charge in [0.1, 0.15) is 5.75 Å². The number of thiophene rings is 1. The largest absolute Gasteiger partial charge is 0.497 e. The lowest BCUT2D eigenvalue weighted by Crippen LogP contribution is -2.44. The van der Waals surface area contributed by atoms with Crippen LogP contribution in [-0.2, 0) is 16.0 Å². The van der Waals surface area contributed by atoms with Crippen molar-refractivity contribution in [3.8, 4) is 17.6 Å². The predicted molar refractivity (Wildman–Crippen MR) is 132 cm³/mol. The SMILES string of the molecule is COC(=O)[C@H]1CN(CC#Cc2ccsc2)CC[C@H]1CCCc1ccnc2ccc(OC)cc12. The van der Waals surface area contributed by atoms with Gasteiger partial charge in [-0.15, -0.1) is 0 Å². The van der Waals surface area contributed by atoms with E-state index in [0.29, 0.717) is 19.0 Å². The van der Waals surface area contributed by atoms with Crippen LogP contribution in [-0.4, -0.2) is 49.7 Å². The van der Waals surface area contributed by atoms with Gasteiger partial charge in [-0.1, -0.05) is 11.8 Å². The van der Waals surface area contributed by atoms with Crippen LogP contribution in [0.15, 0.2) is 47.3 Å². The van der Waals surface area contributed by atoms with E-state index < -0.39 is 0 Å². The molecule has 0 aliphatic carbocycles. The minimum atomic E-state index is -0.102. The fourth-order valence-corrected chi connectivity index (χ4v) is 5.23. The van der Waals surface area contributed by atoms with Crippen molar-refractivity contribution in [3.63, 3.8) is 0 Å². The number of pyridine rings is 1. The quantitative estimate of drug-likeness (QED) is 0.373. The fourth-order valence-electron chi connectivity index (χ4n) is 4.65. The van der Waals surface area contributed by atoms with Crippen molar-refractivity contribution in [1.29, 1.82) is 0 Å². The Labute approximate surface area is 199 Å². The van der Waals surface area contributed by atoms with Gasteiger partial charge in [-0.2, -0.15) is 11.3 Å². The molecule has 3 aromatic rings. The Morgan fingerprint density at radius 3 is 2.97 bits per heavy atom. The van der Waals surface area contributed by atoms with Gasteiger partial charge in [0.05, 0.1) is 32.2 Å². The molecule has 0 N–H and O–H groups in total. The van der Waals surface area contributed by atoms with Gasteiger partial charge in [-0.05, 0) is 79.4 Å². The van der Waals surface area contributed by atoms with Gasteiger partial charge in [-0.25, -0.2) is 0 Å². The number of fused-ring (bicyclic) bond motifs is 1. The maximum Gasteiger partial charge on any atom is 0.310 e. The van der Waals surface area contributed by atoms with E-state index in [9.17, 15) is 4.79 Å². The number of aromatic nitrogens is 1. The fraction of sp³-hybridized carbons (Fsp3) is 0.407. The topological polar surface area (TPSA) is 51.7 Å². The third-order valence-electron chi connectivity index (χ3n) is 6.46. The van der Waals surface area contributed by atoms with Gasteiger partial charge in [0, 0.05) is 29.1 Å². The molecule has 0 radical (unpaired) electrons. The van der Waals surface area contributed by atoms with Crippen LogP contribution in [0.25, 0.3) is 10.9 Å². The summed E-state index contributed by atoms with van der Waals surface area (Å²) >= 11 is 1.65. The lowest BCUT2D eigenvalue weighted by Gasteiger charge is -2.36. The number of hydrogen-bond acceptors (Lipinski definition) is 6. The van der Waals surface area contributed by atoms with Crippen LogP contribution < -0.4 is 4.74 Å². The van der Waals surface area contributed by atoms with Crippen LogP contribution in [0.5, 0.6) is 5.75 Å². The first-order valence-corrected chi connectivity index (χ1v) is 12.3. The minimum Gasteiger partial charge on any atom is -0.497 e. The second kappa shape index (κ2) is 11.3. The zero-order chi connectivity index (χ0) is 23.0. The van der Waals surface area contributed by atoms with E-state index in [0.717, 1.165) is 54.4 Å². The van der Waals surface area contributed by atoms with E-state index in [2.05, 4.69) is 39.2 Å². The normalized spacial score (nSPS) is 18.5. The van der Waals surface area contributed by atoms with Crippen LogP contribution in [0, 0.1) is 23.7 Å². The summed E-state index contributed by atoms with van der Waals surface area (Å²) in [6, 6.07) is 10.1. The molecule has 4 rings (SSSR count). The Kier molecular flexibility index (Phi) is 7.98. The number of piperidine rings is 1. The van der Waals surface area contributed by atoms with Crippen molar-refractivity contribution in [1.82, 2.24) is 9.88 Å². The van der Waals surface area contributed by atoms with Crippen LogP contribution in [0.2, 0.25) is 0 Å². The lowest BCUT2D eigenvalue weighted by atomic mass is 9.81. The molecule has 6 heteroatoms.